The Morgan fingerprint density at radius 1 is 0.682 bits per heavy atom. The van der Waals surface area contributed by atoms with Crippen molar-refractivity contribution in [3.63, 3.8) is 0 Å². The van der Waals surface area contributed by atoms with Crippen molar-refractivity contribution in [1.82, 2.24) is 7.79 Å². The van der Waals surface area contributed by atoms with Crippen molar-refractivity contribution in [3.8, 4) is 0 Å². The van der Waals surface area contributed by atoms with Crippen LogP contribution in [0.15, 0.2) is 73.7 Å². The summed E-state index contributed by atoms with van der Waals surface area (Å²) < 4.78 is 5.11. The van der Waals surface area contributed by atoms with Gasteiger partial charge in [-0.25, -0.2) is 0 Å². The summed E-state index contributed by atoms with van der Waals surface area (Å²) in [5.74, 6) is 0. The maximum absolute atomic E-state index is 7.17. The molecule has 22 heavy (non-hydrogen) atoms. The lowest BCUT2D eigenvalue weighted by atomic mass is 11.2. The van der Waals surface area contributed by atoms with Crippen LogP contribution >= 0.6 is 11.1 Å². The van der Waals surface area contributed by atoms with E-state index in [1.54, 1.807) is 0 Å². The van der Waals surface area contributed by atoms with Crippen molar-refractivity contribution in [2.45, 2.75) is 19.6 Å². The molecule has 1 heterocycles. The summed E-state index contributed by atoms with van der Waals surface area (Å²) >= 11 is 7.17. The zero-order chi connectivity index (χ0) is 17.4. The summed E-state index contributed by atoms with van der Waals surface area (Å²) in [7, 11) is -8.63. The molecule has 1 aliphatic rings. The normalized spacial score (nSPS) is 21.3. The molecular formula is C15H27ClN2Si4. The lowest BCUT2D eigenvalue weighted by Gasteiger charge is -2.72. The number of rotatable bonds is 8. The van der Waals surface area contributed by atoms with E-state index in [0.717, 1.165) is 0 Å². The molecule has 1 rings (SSSR count). The van der Waals surface area contributed by atoms with Gasteiger partial charge in [-0.05, 0) is 19.6 Å². The summed E-state index contributed by atoms with van der Waals surface area (Å²) in [5, 5.41) is 0. The molecule has 0 aromatic heterocycles. The van der Waals surface area contributed by atoms with Gasteiger partial charge in [-0.3, -0.25) is 0 Å². The van der Waals surface area contributed by atoms with Crippen molar-refractivity contribution >= 4 is 43.7 Å². The molecule has 0 spiro atoms. The molecule has 7 heteroatoms. The highest BCUT2D eigenvalue weighted by Crippen LogP contribution is 2.49. The molecule has 0 aliphatic carbocycles. The van der Waals surface area contributed by atoms with E-state index in [9.17, 15) is 0 Å². The van der Waals surface area contributed by atoms with Gasteiger partial charge in [-0.2, -0.15) is 0 Å². The predicted molar refractivity (Wildman–Crippen MR) is 111 cm³/mol. The van der Waals surface area contributed by atoms with Gasteiger partial charge in [-0.1, -0.05) is 34.2 Å². The van der Waals surface area contributed by atoms with E-state index in [-0.39, 0.29) is 0 Å². The molecule has 0 atom stereocenters. The zero-order valence-electron chi connectivity index (χ0n) is 14.0. The molecule has 1 saturated heterocycles. The number of hydrogen-bond donors (Lipinski definition) is 0. The minimum absolute atomic E-state index is 1.95. The molecule has 1 fully saturated rings. The van der Waals surface area contributed by atoms with Crippen molar-refractivity contribution in [1.29, 1.82) is 0 Å². The van der Waals surface area contributed by atoms with Crippen molar-refractivity contribution in [2.24, 2.45) is 0 Å². The first kappa shape index (κ1) is 19.6. The van der Waals surface area contributed by atoms with Gasteiger partial charge in [-0.15, -0.1) is 50.6 Å². The zero-order valence-corrected chi connectivity index (χ0v) is 18.7. The molecule has 0 bridgehead atoms. The number of nitrogens with zero attached hydrogens (tertiary/aromatic N) is 2. The van der Waals surface area contributed by atoms with Gasteiger partial charge in [0.2, 0.25) is 0 Å². The topological polar surface area (TPSA) is 6.48 Å². The van der Waals surface area contributed by atoms with Gasteiger partial charge >= 0.3 is 0 Å². The van der Waals surface area contributed by atoms with Crippen LogP contribution in [0.2, 0.25) is 19.6 Å². The summed E-state index contributed by atoms with van der Waals surface area (Å²) in [5.41, 5.74) is 12.1. The fourth-order valence-corrected chi connectivity index (χ4v) is 40.8. The van der Waals surface area contributed by atoms with Crippen LogP contribution in [-0.2, 0) is 0 Å². The fraction of sp³-hybridized carbons (Fsp3) is 0.200. The molecule has 1 aliphatic heterocycles. The van der Waals surface area contributed by atoms with Gasteiger partial charge < -0.3 is 7.79 Å². The lowest BCUT2D eigenvalue weighted by Crippen LogP contribution is -2.97. The van der Waals surface area contributed by atoms with Gasteiger partial charge in [0.25, 0.3) is 7.71 Å². The van der Waals surface area contributed by atoms with E-state index in [1.807, 2.05) is 34.2 Å². The molecule has 0 aromatic rings. The maximum Gasteiger partial charge on any atom is 0.282 e. The van der Waals surface area contributed by atoms with Crippen LogP contribution in [0, 0.1) is 0 Å². The summed E-state index contributed by atoms with van der Waals surface area (Å²) in [4.78, 5) is 0. The lowest BCUT2D eigenvalue weighted by molar-refractivity contribution is 0.653. The Bertz CT molecular complexity index is 438. The molecule has 0 N–H and O–H groups in total. The second-order valence-electron chi connectivity index (χ2n) is 6.07. The van der Waals surface area contributed by atoms with E-state index in [4.69, 9.17) is 11.1 Å². The smallest absolute Gasteiger partial charge is 0.282 e. The van der Waals surface area contributed by atoms with Gasteiger partial charge in [0.05, 0.1) is 0 Å². The molecule has 0 unspecified atom stereocenters. The summed E-state index contributed by atoms with van der Waals surface area (Å²) in [6, 6.07) is 0. The number of halogens is 1. The average molecular weight is 383 g/mol. The van der Waals surface area contributed by atoms with Crippen molar-refractivity contribution in [3.05, 3.63) is 73.7 Å². The Morgan fingerprint density at radius 3 is 1.05 bits per heavy atom. The minimum Gasteiger partial charge on any atom is -0.323 e. The Kier molecular flexibility index (Phi) is 5.51. The highest BCUT2D eigenvalue weighted by Gasteiger charge is 2.71. The Morgan fingerprint density at radius 2 is 0.909 bits per heavy atom. The minimum atomic E-state index is -2.34. The van der Waals surface area contributed by atoms with E-state index in [2.05, 4.69) is 66.9 Å². The maximum atomic E-state index is 7.17. The van der Waals surface area contributed by atoms with Crippen molar-refractivity contribution in [2.75, 3.05) is 0 Å². The Balaban J connectivity index is 3.55. The first-order valence-corrected chi connectivity index (χ1v) is 17.9. The van der Waals surface area contributed by atoms with Crippen molar-refractivity contribution < 1.29 is 0 Å². The van der Waals surface area contributed by atoms with Crippen LogP contribution < -0.4 is 0 Å². The second-order valence-corrected chi connectivity index (χ2v) is 24.4. The highest BCUT2D eigenvalue weighted by molar-refractivity contribution is 7.39. The van der Waals surface area contributed by atoms with Crippen LogP contribution in [0.3, 0.4) is 0 Å². The van der Waals surface area contributed by atoms with E-state index >= 15 is 0 Å². The molecule has 0 aromatic carbocycles. The van der Waals surface area contributed by atoms with Crippen LogP contribution in [0.1, 0.15) is 0 Å². The largest absolute Gasteiger partial charge is 0.323 e. The first-order chi connectivity index (χ1) is 10.1. The molecule has 2 nitrogen and oxygen atoms in total. The third-order valence-corrected chi connectivity index (χ3v) is 33.1. The molecule has 0 saturated carbocycles. The Hall–Kier alpha value is -0.482. The standard InChI is InChI=1S/C15H27ClN2Si4/c1-10-21(11-2,12-3)17-19(7,8)18(20(17,9)16)22(13-4,14-5)15-6/h10-15H,1-6H2,7-9H3. The van der Waals surface area contributed by atoms with E-state index in [0.29, 0.717) is 0 Å². The molecule has 0 radical (unpaired) electrons. The SMILES string of the molecule is C=C[Si](C=C)(C=C)N1[Si](C)(C)N([Si](C=C)(C=C)C=C)[Si]1(C)Cl. The van der Waals surface area contributed by atoms with Gasteiger partial charge in [0.15, 0.2) is 24.9 Å². The third kappa shape index (κ3) is 2.34. The van der Waals surface area contributed by atoms with E-state index in [1.165, 1.54) is 0 Å². The van der Waals surface area contributed by atoms with Crippen LogP contribution in [-0.4, -0.2) is 40.4 Å². The molecule has 0 amide bonds. The van der Waals surface area contributed by atoms with Crippen LogP contribution in [0.5, 0.6) is 0 Å². The predicted octanol–water partition coefficient (Wildman–Crippen LogP) is 4.36. The average Bonchev–Trinajstić information content (AvgIpc) is 2.49. The van der Waals surface area contributed by atoms with Crippen LogP contribution in [0.25, 0.3) is 0 Å². The quantitative estimate of drug-likeness (QED) is 0.454. The third-order valence-electron chi connectivity index (χ3n) is 4.65. The Labute approximate surface area is 144 Å². The van der Waals surface area contributed by atoms with Gasteiger partial charge in [0.1, 0.15) is 0 Å². The van der Waals surface area contributed by atoms with Gasteiger partial charge in [0, 0.05) is 0 Å². The second kappa shape index (κ2) is 6.20. The molecule has 120 valence electrons. The first-order valence-electron chi connectivity index (χ1n) is 7.21. The highest BCUT2D eigenvalue weighted by atomic mass is 35.6. The monoisotopic (exact) mass is 382 g/mol. The molecular weight excluding hydrogens is 356 g/mol. The number of hydrogen-bond acceptors (Lipinski definition) is 2. The van der Waals surface area contributed by atoms with Crippen LogP contribution in [0.4, 0.5) is 0 Å². The van der Waals surface area contributed by atoms with E-state index < -0.39 is 32.6 Å². The fourth-order valence-electron chi connectivity index (χ4n) is 3.86. The summed E-state index contributed by atoms with van der Waals surface area (Å²) in [6.45, 7) is 31.1. The summed E-state index contributed by atoms with van der Waals surface area (Å²) in [6.07, 6.45) is 0.